The molecule has 0 bridgehead atoms. The number of amides is 1. The zero-order valence-electron chi connectivity index (χ0n) is 17.7. The Kier molecular flexibility index (Phi) is 4.56. The monoisotopic (exact) mass is 392 g/mol. The zero-order valence-corrected chi connectivity index (χ0v) is 17.7. The minimum absolute atomic E-state index is 0.0329. The summed E-state index contributed by atoms with van der Waals surface area (Å²) in [6.07, 6.45) is 5.11. The first kappa shape index (κ1) is 19.4. The number of anilines is 1. The maximum atomic E-state index is 12.5. The molecule has 0 aliphatic carbocycles. The van der Waals surface area contributed by atoms with Gasteiger partial charge in [0.05, 0.1) is 20.8 Å². The average molecular weight is 392 g/mol. The number of aryl methyl sites for hydroxylation is 1. The number of fused-ring (bicyclic) bond motifs is 3. The lowest BCUT2D eigenvalue weighted by molar-refractivity contribution is -0.118. The van der Waals surface area contributed by atoms with Crippen LogP contribution in [0.3, 0.4) is 0 Å². The van der Waals surface area contributed by atoms with Crippen molar-refractivity contribution >= 4 is 17.7 Å². The summed E-state index contributed by atoms with van der Waals surface area (Å²) in [6.45, 7) is 6.91. The smallest absolute Gasteiger partial charge is 0.241 e. The Bertz CT molecular complexity index is 996. The van der Waals surface area contributed by atoms with Crippen molar-refractivity contribution in [1.29, 1.82) is 0 Å². The molecule has 29 heavy (non-hydrogen) atoms. The molecular weight excluding hydrogens is 364 g/mol. The van der Waals surface area contributed by atoms with E-state index in [0.29, 0.717) is 18.0 Å². The second-order valence-electron chi connectivity index (χ2n) is 8.15. The molecule has 4 rings (SSSR count). The number of rotatable bonds is 5. The minimum Gasteiger partial charge on any atom is -0.493 e. The van der Waals surface area contributed by atoms with E-state index >= 15 is 0 Å². The van der Waals surface area contributed by atoms with E-state index in [4.69, 9.17) is 9.47 Å². The zero-order chi connectivity index (χ0) is 20.8. The van der Waals surface area contributed by atoms with E-state index in [-0.39, 0.29) is 11.3 Å². The average Bonchev–Trinajstić information content (AvgIpc) is 3.15. The number of nitrogens with one attached hydrogen (secondary N) is 1. The van der Waals surface area contributed by atoms with Gasteiger partial charge in [0.25, 0.3) is 0 Å². The van der Waals surface area contributed by atoms with E-state index in [1.54, 1.807) is 14.2 Å². The Morgan fingerprint density at radius 3 is 2.66 bits per heavy atom. The molecule has 0 saturated carbocycles. The highest BCUT2D eigenvalue weighted by Gasteiger charge is 2.59. The van der Waals surface area contributed by atoms with Crippen LogP contribution in [0, 0.1) is 0 Å². The first-order chi connectivity index (χ1) is 13.9. The van der Waals surface area contributed by atoms with Crippen LogP contribution in [-0.2, 0) is 16.6 Å². The molecule has 2 aromatic rings. The van der Waals surface area contributed by atoms with Crippen molar-refractivity contribution in [3.05, 3.63) is 59.2 Å². The van der Waals surface area contributed by atoms with Gasteiger partial charge >= 0.3 is 0 Å². The summed E-state index contributed by atoms with van der Waals surface area (Å²) in [6, 6.07) is 12.4. The third-order valence-corrected chi connectivity index (χ3v) is 6.38. The lowest BCUT2D eigenvalue weighted by Crippen LogP contribution is -2.58. The largest absolute Gasteiger partial charge is 0.493 e. The van der Waals surface area contributed by atoms with Crippen LogP contribution < -0.4 is 19.7 Å². The van der Waals surface area contributed by atoms with Gasteiger partial charge in [-0.15, -0.1) is 0 Å². The van der Waals surface area contributed by atoms with Crippen molar-refractivity contribution in [1.82, 2.24) is 5.32 Å². The molecule has 0 radical (unpaired) electrons. The van der Waals surface area contributed by atoms with E-state index in [9.17, 15) is 4.79 Å². The SMILES string of the molecule is CCc1ccc2c(c1)C(C)(C)C1(/C=C/c3cccc(OC)c3OC)NC(=O)CN21. The summed E-state index contributed by atoms with van der Waals surface area (Å²) in [5.74, 6) is 1.40. The number of benzene rings is 2. The van der Waals surface area contributed by atoms with Gasteiger partial charge in [-0.25, -0.2) is 0 Å². The number of hydrogen-bond acceptors (Lipinski definition) is 4. The van der Waals surface area contributed by atoms with Crippen LogP contribution in [0.4, 0.5) is 5.69 Å². The van der Waals surface area contributed by atoms with Crippen LogP contribution >= 0.6 is 0 Å². The standard InChI is InChI=1S/C24H28N2O3/c1-6-16-10-11-19-18(14-16)23(2,3)24(25-21(27)15-26(19)24)13-12-17-8-7-9-20(28-4)22(17)29-5/h7-14H,6,15H2,1-5H3,(H,25,27)/b13-12+. The Labute approximate surface area is 172 Å². The molecule has 1 unspecified atom stereocenters. The van der Waals surface area contributed by atoms with Gasteiger partial charge in [0.1, 0.15) is 5.66 Å². The molecule has 1 saturated heterocycles. The third-order valence-electron chi connectivity index (χ3n) is 6.38. The molecule has 0 aromatic heterocycles. The fourth-order valence-electron chi connectivity index (χ4n) is 4.69. The van der Waals surface area contributed by atoms with Gasteiger partial charge in [0, 0.05) is 16.7 Å². The Balaban J connectivity index is 1.84. The molecule has 1 N–H and O–H groups in total. The van der Waals surface area contributed by atoms with E-state index in [2.05, 4.69) is 55.3 Å². The van der Waals surface area contributed by atoms with Gasteiger partial charge in [-0.1, -0.05) is 51.1 Å². The van der Waals surface area contributed by atoms with Crippen LogP contribution in [0.2, 0.25) is 0 Å². The Morgan fingerprint density at radius 1 is 1.17 bits per heavy atom. The van der Waals surface area contributed by atoms with Gasteiger partial charge in [-0.05, 0) is 35.8 Å². The first-order valence-electron chi connectivity index (χ1n) is 10.00. The third kappa shape index (κ3) is 2.71. The van der Waals surface area contributed by atoms with E-state index in [1.807, 2.05) is 24.3 Å². The van der Waals surface area contributed by atoms with Gasteiger partial charge in [0.2, 0.25) is 5.91 Å². The van der Waals surface area contributed by atoms with Gasteiger partial charge < -0.3 is 19.7 Å². The van der Waals surface area contributed by atoms with Crippen LogP contribution in [0.25, 0.3) is 6.08 Å². The molecule has 2 heterocycles. The fraction of sp³-hybridized carbons (Fsp3) is 0.375. The molecule has 1 atom stereocenters. The summed E-state index contributed by atoms with van der Waals surface area (Å²) in [4.78, 5) is 14.7. The number of carbonyl (C=O) groups is 1. The second-order valence-corrected chi connectivity index (χ2v) is 8.15. The lowest BCUT2D eigenvalue weighted by Gasteiger charge is -2.40. The quantitative estimate of drug-likeness (QED) is 0.838. The van der Waals surface area contributed by atoms with E-state index in [1.165, 1.54) is 11.1 Å². The van der Waals surface area contributed by atoms with Crippen LogP contribution in [-0.4, -0.2) is 32.3 Å². The molecule has 0 spiro atoms. The summed E-state index contributed by atoms with van der Waals surface area (Å²) < 4.78 is 11.0. The number of nitrogens with zero attached hydrogens (tertiary/aromatic N) is 1. The summed E-state index contributed by atoms with van der Waals surface area (Å²) in [5.41, 5.74) is 3.66. The molecule has 2 aromatic carbocycles. The number of carbonyl (C=O) groups excluding carboxylic acids is 1. The molecular formula is C24H28N2O3. The van der Waals surface area contributed by atoms with Crippen molar-refractivity contribution < 1.29 is 14.3 Å². The van der Waals surface area contributed by atoms with Gasteiger partial charge in [-0.2, -0.15) is 0 Å². The van der Waals surface area contributed by atoms with Crippen LogP contribution in [0.1, 0.15) is 37.5 Å². The highest BCUT2D eigenvalue weighted by molar-refractivity contribution is 5.91. The summed E-state index contributed by atoms with van der Waals surface area (Å²) in [7, 11) is 3.27. The van der Waals surface area contributed by atoms with E-state index in [0.717, 1.165) is 17.7 Å². The molecule has 2 aliphatic heterocycles. The molecule has 1 fully saturated rings. The van der Waals surface area contributed by atoms with Crippen LogP contribution in [0.5, 0.6) is 11.5 Å². The van der Waals surface area contributed by atoms with Gasteiger partial charge in [0.15, 0.2) is 11.5 Å². The maximum Gasteiger partial charge on any atom is 0.241 e. The Morgan fingerprint density at radius 2 is 1.97 bits per heavy atom. The van der Waals surface area contributed by atoms with Crippen molar-refractivity contribution in [2.75, 3.05) is 25.7 Å². The molecule has 1 amide bonds. The number of methoxy groups -OCH3 is 2. The highest BCUT2D eigenvalue weighted by Crippen LogP contribution is 2.53. The molecule has 5 nitrogen and oxygen atoms in total. The summed E-state index contributed by atoms with van der Waals surface area (Å²) >= 11 is 0. The fourth-order valence-corrected chi connectivity index (χ4v) is 4.69. The number of para-hydroxylation sites is 1. The second kappa shape index (κ2) is 6.83. The van der Waals surface area contributed by atoms with E-state index < -0.39 is 5.66 Å². The highest BCUT2D eigenvalue weighted by atomic mass is 16.5. The van der Waals surface area contributed by atoms with Crippen molar-refractivity contribution in [2.45, 2.75) is 38.3 Å². The van der Waals surface area contributed by atoms with Gasteiger partial charge in [-0.3, -0.25) is 4.79 Å². The van der Waals surface area contributed by atoms with Crippen molar-refractivity contribution in [3.63, 3.8) is 0 Å². The normalized spacial score (nSPS) is 21.8. The molecule has 5 heteroatoms. The topological polar surface area (TPSA) is 50.8 Å². The summed E-state index contributed by atoms with van der Waals surface area (Å²) in [5, 5.41) is 3.27. The first-order valence-corrected chi connectivity index (χ1v) is 10.00. The predicted molar refractivity (Wildman–Crippen MR) is 116 cm³/mol. The molecule has 152 valence electrons. The van der Waals surface area contributed by atoms with Crippen LogP contribution in [0.15, 0.2) is 42.5 Å². The maximum absolute atomic E-state index is 12.5. The predicted octanol–water partition coefficient (Wildman–Crippen LogP) is 3.90. The Hall–Kier alpha value is -2.95. The number of ether oxygens (including phenoxy) is 2. The minimum atomic E-state index is -0.632. The lowest BCUT2D eigenvalue weighted by atomic mass is 9.75. The number of hydrogen-bond donors (Lipinski definition) is 1. The molecule has 2 aliphatic rings. The van der Waals surface area contributed by atoms with Crippen molar-refractivity contribution in [2.24, 2.45) is 0 Å². The van der Waals surface area contributed by atoms with Crippen molar-refractivity contribution in [3.8, 4) is 11.5 Å².